The van der Waals surface area contributed by atoms with Crippen molar-refractivity contribution in [3.8, 4) is 0 Å². The molecule has 0 bridgehead atoms. The number of β-amino-alcohol motifs (C(OH)–C–C–N with tert-alkyl or cyclic N) is 1. The second-order valence-corrected chi connectivity index (χ2v) is 12.1. The third-order valence-corrected chi connectivity index (χ3v) is 9.66. The van der Waals surface area contributed by atoms with Crippen LogP contribution in [0.4, 0.5) is 0 Å². The second-order valence-electron chi connectivity index (χ2n) is 8.45. The highest BCUT2D eigenvalue weighted by Crippen LogP contribution is 2.30. The number of fused-ring (bicyclic) bond motifs is 1. The molecule has 1 aromatic carbocycles. The van der Waals surface area contributed by atoms with Crippen molar-refractivity contribution in [2.75, 3.05) is 38.1 Å². The first-order chi connectivity index (χ1) is 15.7. The van der Waals surface area contributed by atoms with Crippen LogP contribution in [0.3, 0.4) is 0 Å². The summed E-state index contributed by atoms with van der Waals surface area (Å²) in [4.78, 5) is 2.45. The third kappa shape index (κ3) is 6.56. The van der Waals surface area contributed by atoms with Gasteiger partial charge >= 0.3 is 0 Å². The zero-order valence-corrected chi connectivity index (χ0v) is 21.6. The third-order valence-electron chi connectivity index (χ3n) is 6.18. The molecular weight excluding hydrogens is 451 g/mol. The number of rotatable bonds is 10. The summed E-state index contributed by atoms with van der Waals surface area (Å²) in [5, 5.41) is 18.4. The zero-order valence-electron chi connectivity index (χ0n) is 18.9. The quantitative estimate of drug-likeness (QED) is 0.268. The van der Waals surface area contributed by atoms with E-state index in [0.717, 1.165) is 58.7 Å². The standard InChI is InChI=1S/C26H35N2OPS2/c1-2-3-6-20-9-10-23(26-22(20)7-4-16-30-26)24(29)19-28-14-11-21(12-15-28)27-13-18-32-25-8-5-17-31-25/h3-10,17,21,24,27,29-30H,2,11-16,18-19H2,1H3/b6-3+. The van der Waals surface area contributed by atoms with Gasteiger partial charge < -0.3 is 15.3 Å². The second kappa shape index (κ2) is 12.5. The molecule has 0 spiro atoms. The van der Waals surface area contributed by atoms with Gasteiger partial charge in [0.1, 0.15) is 0 Å². The van der Waals surface area contributed by atoms with Crippen molar-refractivity contribution >= 4 is 49.1 Å². The molecule has 3 nitrogen and oxygen atoms in total. The van der Waals surface area contributed by atoms with Crippen LogP contribution in [0, 0.1) is 0 Å². The number of likely N-dealkylation sites (tertiary alicyclic amines) is 1. The average Bonchev–Trinajstić information content (AvgIpc) is 3.35. The lowest BCUT2D eigenvalue weighted by Gasteiger charge is -2.34. The first kappa shape index (κ1) is 24.2. The number of nitrogens with zero attached hydrogens (tertiary/aromatic N) is 1. The summed E-state index contributed by atoms with van der Waals surface area (Å²) in [6.45, 7) is 6.10. The molecule has 2 N–H and O–H groups in total. The van der Waals surface area contributed by atoms with E-state index in [1.165, 1.54) is 33.5 Å². The maximum absolute atomic E-state index is 11.1. The van der Waals surface area contributed by atoms with Crippen molar-refractivity contribution in [1.82, 2.24) is 10.2 Å². The Labute approximate surface area is 203 Å². The van der Waals surface area contributed by atoms with E-state index in [0.29, 0.717) is 6.04 Å². The number of thioether (sulfide) groups is 1. The van der Waals surface area contributed by atoms with Gasteiger partial charge in [-0.3, -0.25) is 0 Å². The molecule has 2 aromatic rings. The first-order valence-electron chi connectivity index (χ1n) is 11.8. The summed E-state index contributed by atoms with van der Waals surface area (Å²) in [5.74, 6) is 1.13. The van der Waals surface area contributed by atoms with Crippen LogP contribution in [0.2, 0.25) is 0 Å². The van der Waals surface area contributed by atoms with Crippen molar-refractivity contribution in [2.45, 2.75) is 42.5 Å². The Morgan fingerprint density at radius 2 is 2.19 bits per heavy atom. The highest BCUT2D eigenvalue weighted by atomic mass is 32.2. The number of aliphatic hydroxyl groups excluding tert-OH is 1. The fourth-order valence-corrected chi connectivity index (χ4v) is 7.50. The Kier molecular flexibility index (Phi) is 9.45. The van der Waals surface area contributed by atoms with Crippen molar-refractivity contribution in [1.29, 1.82) is 0 Å². The highest BCUT2D eigenvalue weighted by Gasteiger charge is 2.24. The van der Waals surface area contributed by atoms with Crippen LogP contribution >= 0.6 is 31.7 Å². The number of piperidine rings is 1. The highest BCUT2D eigenvalue weighted by molar-refractivity contribution is 8.01. The number of benzene rings is 1. The minimum absolute atomic E-state index is 0.404. The molecule has 3 heterocycles. The summed E-state index contributed by atoms with van der Waals surface area (Å²) >= 11 is 3.77. The Morgan fingerprint density at radius 1 is 1.31 bits per heavy atom. The van der Waals surface area contributed by atoms with E-state index in [9.17, 15) is 5.11 Å². The number of allylic oxidation sites excluding steroid dienone is 2. The number of hydrogen-bond donors (Lipinski definition) is 2. The molecule has 2 unspecified atom stereocenters. The molecule has 0 radical (unpaired) electrons. The summed E-state index contributed by atoms with van der Waals surface area (Å²) in [6.07, 6.45) is 13.0. The lowest BCUT2D eigenvalue weighted by atomic mass is 9.98. The van der Waals surface area contributed by atoms with Gasteiger partial charge in [0.25, 0.3) is 0 Å². The van der Waals surface area contributed by atoms with Gasteiger partial charge in [-0.25, -0.2) is 0 Å². The first-order valence-corrected chi connectivity index (χ1v) is 14.9. The van der Waals surface area contributed by atoms with Gasteiger partial charge in [-0.05, 0) is 72.0 Å². The van der Waals surface area contributed by atoms with Gasteiger partial charge in [0.2, 0.25) is 0 Å². The predicted molar refractivity (Wildman–Crippen MR) is 145 cm³/mol. The number of thiophene rings is 1. The van der Waals surface area contributed by atoms with E-state index in [4.69, 9.17) is 0 Å². The fourth-order valence-electron chi connectivity index (χ4n) is 4.46. The molecule has 6 heteroatoms. The van der Waals surface area contributed by atoms with E-state index >= 15 is 0 Å². The number of nitrogens with one attached hydrogen (secondary N) is 1. The van der Waals surface area contributed by atoms with Gasteiger partial charge in [-0.15, -0.1) is 23.1 Å². The van der Waals surface area contributed by atoms with Crippen molar-refractivity contribution in [3.63, 3.8) is 0 Å². The van der Waals surface area contributed by atoms with Crippen LogP contribution in [0.15, 0.2) is 46.0 Å². The van der Waals surface area contributed by atoms with Gasteiger partial charge in [-0.2, -0.15) is 0 Å². The number of aliphatic hydroxyl groups is 1. The largest absolute Gasteiger partial charge is 0.387 e. The lowest BCUT2D eigenvalue weighted by Crippen LogP contribution is -2.44. The molecule has 1 fully saturated rings. The summed E-state index contributed by atoms with van der Waals surface area (Å²) in [6, 6.07) is 9.28. The smallest absolute Gasteiger partial charge is 0.0923 e. The molecule has 0 amide bonds. The molecule has 0 saturated carbocycles. The van der Waals surface area contributed by atoms with E-state index in [-0.39, 0.29) is 0 Å². The maximum Gasteiger partial charge on any atom is 0.0923 e. The Hall–Kier alpha value is -0.940. The molecular formula is C26H35N2OPS2. The molecule has 1 saturated heterocycles. The molecule has 4 rings (SSSR count). The van der Waals surface area contributed by atoms with Crippen LogP contribution in [0.25, 0.3) is 12.2 Å². The van der Waals surface area contributed by atoms with Crippen molar-refractivity contribution in [2.24, 2.45) is 0 Å². The molecule has 0 aliphatic carbocycles. The SMILES string of the molecule is CC/C=C/c1ccc(C(O)CN2CCC(NCCSc3cccs3)CC2)c2c1C=CCP2. The monoisotopic (exact) mass is 486 g/mol. The molecule has 1 aromatic heterocycles. The normalized spacial score (nSPS) is 19.1. The number of hydrogen-bond acceptors (Lipinski definition) is 5. The zero-order chi connectivity index (χ0) is 22.2. The topological polar surface area (TPSA) is 35.5 Å². The van der Waals surface area contributed by atoms with Crippen LogP contribution in [-0.2, 0) is 0 Å². The summed E-state index contributed by atoms with van der Waals surface area (Å²) in [5.41, 5.74) is 3.74. The molecule has 2 atom stereocenters. The lowest BCUT2D eigenvalue weighted by molar-refractivity contribution is 0.0951. The molecule has 172 valence electrons. The summed E-state index contributed by atoms with van der Waals surface area (Å²) in [7, 11) is 0.755. The Bertz CT molecular complexity index is 905. The van der Waals surface area contributed by atoms with E-state index in [1.54, 1.807) is 0 Å². The van der Waals surface area contributed by atoms with Crippen molar-refractivity contribution in [3.05, 3.63) is 58.5 Å². The fraction of sp³-hybridized carbons (Fsp3) is 0.462. The Balaban J connectivity index is 1.26. The van der Waals surface area contributed by atoms with E-state index in [2.05, 4.69) is 71.1 Å². The van der Waals surface area contributed by atoms with Crippen LogP contribution in [0.1, 0.15) is 49.0 Å². The minimum atomic E-state index is -0.404. The van der Waals surface area contributed by atoms with Gasteiger partial charge in [0.15, 0.2) is 0 Å². The summed E-state index contributed by atoms with van der Waals surface area (Å²) < 4.78 is 1.41. The predicted octanol–water partition coefficient (Wildman–Crippen LogP) is 5.38. The maximum atomic E-state index is 11.1. The van der Waals surface area contributed by atoms with E-state index < -0.39 is 6.10 Å². The van der Waals surface area contributed by atoms with Gasteiger partial charge in [-0.1, -0.05) is 58.0 Å². The average molecular weight is 487 g/mol. The minimum Gasteiger partial charge on any atom is -0.387 e. The van der Waals surface area contributed by atoms with E-state index in [1.807, 2.05) is 23.1 Å². The van der Waals surface area contributed by atoms with Gasteiger partial charge in [0.05, 0.1) is 10.3 Å². The van der Waals surface area contributed by atoms with Crippen LogP contribution in [-0.4, -0.2) is 54.1 Å². The van der Waals surface area contributed by atoms with Gasteiger partial charge in [0, 0.05) is 24.9 Å². The molecule has 32 heavy (non-hydrogen) atoms. The van der Waals surface area contributed by atoms with Crippen LogP contribution < -0.4 is 10.6 Å². The molecule has 2 aliphatic rings. The Morgan fingerprint density at radius 3 is 2.97 bits per heavy atom. The van der Waals surface area contributed by atoms with Crippen molar-refractivity contribution < 1.29 is 5.11 Å². The van der Waals surface area contributed by atoms with Crippen LogP contribution in [0.5, 0.6) is 0 Å². The molecule has 2 aliphatic heterocycles.